The van der Waals surface area contributed by atoms with Crippen molar-refractivity contribution < 1.29 is 29.0 Å². The van der Waals surface area contributed by atoms with Gasteiger partial charge in [0.05, 0.1) is 0 Å². The third-order valence-electron chi connectivity index (χ3n) is 5.01. The maximum atomic E-state index is 12.7. The molecule has 30 heavy (non-hydrogen) atoms. The summed E-state index contributed by atoms with van der Waals surface area (Å²) in [6.07, 6.45) is -0.347. The van der Waals surface area contributed by atoms with Gasteiger partial charge in [0.1, 0.15) is 29.3 Å². The quantitative estimate of drug-likeness (QED) is 0.423. The highest BCUT2D eigenvalue weighted by Gasteiger charge is 2.55. The average molecular weight is 433 g/mol. The fourth-order valence-electron chi connectivity index (χ4n) is 3.55. The Kier molecular flexibility index (Phi) is 6.47. The van der Waals surface area contributed by atoms with Gasteiger partial charge in [-0.15, -0.1) is 11.8 Å². The standard InChI is InChI=1S/C20H23N3O6S/c1-3-13(29-10(2)24)12-9-30-19-15(18(26)23(19)16(12)20(27)28)22-17(25)14(21)11-7-5-4-6-8-11/h4-8,13-15,19H,3,9,21H2,1-2H3,(H,22,25)(H,27,28)/t13?,14?,15-,19+/m0/s1. The van der Waals surface area contributed by atoms with Gasteiger partial charge in [0, 0.05) is 18.2 Å². The molecular formula is C20H23N3O6S. The van der Waals surface area contributed by atoms with Crippen LogP contribution in [0.2, 0.25) is 0 Å². The van der Waals surface area contributed by atoms with Crippen molar-refractivity contribution in [1.82, 2.24) is 10.2 Å². The van der Waals surface area contributed by atoms with Gasteiger partial charge in [0.2, 0.25) is 5.91 Å². The van der Waals surface area contributed by atoms with E-state index in [9.17, 15) is 24.3 Å². The molecule has 9 nitrogen and oxygen atoms in total. The molecule has 1 saturated heterocycles. The molecule has 0 saturated carbocycles. The Labute approximate surface area is 177 Å². The third kappa shape index (κ3) is 4.05. The van der Waals surface area contributed by atoms with E-state index in [1.807, 2.05) is 0 Å². The molecular weight excluding hydrogens is 410 g/mol. The Balaban J connectivity index is 1.78. The second kappa shape index (κ2) is 8.88. The summed E-state index contributed by atoms with van der Waals surface area (Å²) in [5.41, 5.74) is 6.78. The second-order valence-electron chi connectivity index (χ2n) is 6.97. The number of β-lactam (4-membered cyclic amide) rings is 1. The summed E-state index contributed by atoms with van der Waals surface area (Å²) in [7, 11) is 0. The maximum absolute atomic E-state index is 12.7. The minimum Gasteiger partial charge on any atom is -0.477 e. The molecule has 10 heteroatoms. The minimum atomic E-state index is -1.28. The molecule has 1 fully saturated rings. The predicted molar refractivity (Wildman–Crippen MR) is 109 cm³/mol. The highest BCUT2D eigenvalue weighted by Crippen LogP contribution is 2.42. The Morgan fingerprint density at radius 3 is 2.57 bits per heavy atom. The number of nitrogens with two attached hydrogens (primary N) is 1. The number of nitrogens with zero attached hydrogens (tertiary/aromatic N) is 1. The lowest BCUT2D eigenvalue weighted by atomic mass is 9.98. The van der Waals surface area contributed by atoms with Gasteiger partial charge in [-0.25, -0.2) is 4.79 Å². The van der Waals surface area contributed by atoms with Gasteiger partial charge in [-0.3, -0.25) is 19.3 Å². The Hall–Kier alpha value is -2.85. The normalized spacial score (nSPS) is 22.5. The summed E-state index contributed by atoms with van der Waals surface area (Å²) in [4.78, 5) is 49.7. The summed E-state index contributed by atoms with van der Waals surface area (Å²) in [6.45, 7) is 3.02. The van der Waals surface area contributed by atoms with E-state index in [1.54, 1.807) is 37.3 Å². The van der Waals surface area contributed by atoms with Crippen LogP contribution < -0.4 is 11.1 Å². The molecule has 2 amide bonds. The molecule has 1 aromatic rings. The third-order valence-corrected chi connectivity index (χ3v) is 6.31. The van der Waals surface area contributed by atoms with Gasteiger partial charge in [0.15, 0.2) is 0 Å². The van der Waals surface area contributed by atoms with E-state index in [0.717, 1.165) is 4.90 Å². The molecule has 2 aliphatic rings. The summed E-state index contributed by atoms with van der Waals surface area (Å²) in [5, 5.41) is 11.8. The number of carbonyl (C=O) groups is 4. The highest BCUT2D eigenvalue weighted by atomic mass is 32.2. The van der Waals surface area contributed by atoms with Gasteiger partial charge in [-0.05, 0) is 12.0 Å². The van der Waals surface area contributed by atoms with Crippen LogP contribution in [-0.4, -0.2) is 57.0 Å². The van der Waals surface area contributed by atoms with Crippen molar-refractivity contribution in [2.75, 3.05) is 5.75 Å². The monoisotopic (exact) mass is 433 g/mol. The molecule has 0 aromatic heterocycles. The van der Waals surface area contributed by atoms with E-state index in [0.29, 0.717) is 17.6 Å². The number of carboxylic acid groups (broad SMARTS) is 1. The number of esters is 1. The van der Waals surface area contributed by atoms with Gasteiger partial charge in [0.25, 0.3) is 5.91 Å². The smallest absolute Gasteiger partial charge is 0.352 e. The highest BCUT2D eigenvalue weighted by molar-refractivity contribution is 8.00. The van der Waals surface area contributed by atoms with Crippen molar-refractivity contribution in [2.45, 2.75) is 43.8 Å². The van der Waals surface area contributed by atoms with E-state index in [-0.39, 0.29) is 11.4 Å². The molecule has 0 aliphatic carbocycles. The van der Waals surface area contributed by atoms with Crippen molar-refractivity contribution >= 4 is 35.5 Å². The number of ether oxygens (including phenoxy) is 1. The number of aliphatic carboxylic acids is 1. The zero-order valence-electron chi connectivity index (χ0n) is 16.5. The van der Waals surface area contributed by atoms with Crippen molar-refractivity contribution in [3.63, 3.8) is 0 Å². The van der Waals surface area contributed by atoms with E-state index in [1.165, 1.54) is 18.7 Å². The number of carbonyl (C=O) groups excluding carboxylic acids is 3. The molecule has 4 N–H and O–H groups in total. The first-order valence-corrected chi connectivity index (χ1v) is 10.5. The number of rotatable bonds is 7. The van der Waals surface area contributed by atoms with Crippen LogP contribution in [0.25, 0.3) is 0 Å². The molecule has 2 heterocycles. The number of carboxylic acids is 1. The number of benzene rings is 1. The molecule has 2 unspecified atom stereocenters. The Bertz CT molecular complexity index is 903. The molecule has 4 atom stereocenters. The van der Waals surface area contributed by atoms with Crippen molar-refractivity contribution in [3.05, 3.63) is 47.2 Å². The van der Waals surface area contributed by atoms with Gasteiger partial charge in [-0.1, -0.05) is 37.3 Å². The van der Waals surface area contributed by atoms with Crippen LogP contribution in [0.1, 0.15) is 31.9 Å². The lowest BCUT2D eigenvalue weighted by molar-refractivity contribution is -0.151. The van der Waals surface area contributed by atoms with Crippen molar-refractivity contribution in [3.8, 4) is 0 Å². The van der Waals surface area contributed by atoms with Crippen molar-refractivity contribution in [1.29, 1.82) is 0 Å². The number of hydrogen-bond acceptors (Lipinski definition) is 7. The number of nitrogens with one attached hydrogen (secondary N) is 1. The summed E-state index contributed by atoms with van der Waals surface area (Å²) >= 11 is 1.31. The first-order valence-electron chi connectivity index (χ1n) is 9.45. The maximum Gasteiger partial charge on any atom is 0.352 e. The zero-order chi connectivity index (χ0) is 22.0. The fraction of sp³-hybridized carbons (Fsp3) is 0.400. The first-order chi connectivity index (χ1) is 14.3. The number of hydrogen-bond donors (Lipinski definition) is 3. The molecule has 160 valence electrons. The zero-order valence-corrected chi connectivity index (χ0v) is 17.3. The Morgan fingerprint density at radius 2 is 2.00 bits per heavy atom. The summed E-state index contributed by atoms with van der Waals surface area (Å²) in [5.74, 6) is -2.59. The average Bonchev–Trinajstić information content (AvgIpc) is 2.74. The van der Waals surface area contributed by atoms with Crippen molar-refractivity contribution in [2.24, 2.45) is 5.73 Å². The van der Waals surface area contributed by atoms with Gasteiger partial charge >= 0.3 is 11.9 Å². The topological polar surface area (TPSA) is 139 Å². The number of amides is 2. The molecule has 2 aliphatic heterocycles. The second-order valence-corrected chi connectivity index (χ2v) is 8.07. The molecule has 1 aromatic carbocycles. The van der Waals surface area contributed by atoms with E-state index < -0.39 is 47.3 Å². The largest absolute Gasteiger partial charge is 0.477 e. The van der Waals surface area contributed by atoms with Crippen LogP contribution in [0, 0.1) is 0 Å². The lowest BCUT2D eigenvalue weighted by Gasteiger charge is -2.50. The van der Waals surface area contributed by atoms with Crippen LogP contribution in [0.4, 0.5) is 0 Å². The van der Waals surface area contributed by atoms with Gasteiger partial charge < -0.3 is 20.9 Å². The SMILES string of the molecule is CCC(OC(C)=O)C1=C(C(=O)O)N2C(=O)[C@H](NC(=O)C(N)c3ccccc3)[C@H]2SC1. The molecule has 3 rings (SSSR count). The number of fused-ring (bicyclic) bond motifs is 1. The van der Waals surface area contributed by atoms with Gasteiger partial charge in [-0.2, -0.15) is 0 Å². The number of thioether (sulfide) groups is 1. The van der Waals surface area contributed by atoms with Crippen LogP contribution >= 0.6 is 11.8 Å². The Morgan fingerprint density at radius 1 is 1.33 bits per heavy atom. The van der Waals surface area contributed by atoms with E-state index in [2.05, 4.69) is 5.32 Å². The minimum absolute atomic E-state index is 0.185. The lowest BCUT2D eigenvalue weighted by Crippen LogP contribution is -2.71. The van der Waals surface area contributed by atoms with Crippen LogP contribution in [-0.2, 0) is 23.9 Å². The van der Waals surface area contributed by atoms with Crippen LogP contribution in [0.15, 0.2) is 41.6 Å². The molecule has 0 radical (unpaired) electrons. The van der Waals surface area contributed by atoms with E-state index in [4.69, 9.17) is 10.5 Å². The van der Waals surface area contributed by atoms with E-state index >= 15 is 0 Å². The summed E-state index contributed by atoms with van der Waals surface area (Å²) < 4.78 is 5.24. The predicted octanol–water partition coefficient (Wildman–Crippen LogP) is 0.767. The van der Waals surface area contributed by atoms with Crippen LogP contribution in [0.5, 0.6) is 0 Å². The summed E-state index contributed by atoms with van der Waals surface area (Å²) in [6, 6.07) is 6.93. The fourth-order valence-corrected chi connectivity index (χ4v) is 4.95. The first kappa shape index (κ1) is 21.8. The molecule has 0 bridgehead atoms. The molecule has 0 spiro atoms. The van der Waals surface area contributed by atoms with Crippen LogP contribution in [0.3, 0.4) is 0 Å².